The van der Waals surface area contributed by atoms with Crippen LogP contribution in [0.5, 0.6) is 17.2 Å². The van der Waals surface area contributed by atoms with Crippen LogP contribution in [0.4, 0.5) is 8.78 Å². The van der Waals surface area contributed by atoms with Crippen LogP contribution in [0.3, 0.4) is 0 Å². The Labute approximate surface area is 157 Å². The molecule has 2 rings (SSSR count). The molecule has 0 bridgehead atoms. The second-order valence-corrected chi connectivity index (χ2v) is 7.18. The lowest BCUT2D eigenvalue weighted by Gasteiger charge is -2.12. The van der Waals surface area contributed by atoms with E-state index in [0.717, 1.165) is 0 Å². The Bertz CT molecular complexity index is 841. The van der Waals surface area contributed by atoms with Gasteiger partial charge in [-0.05, 0) is 55.3 Å². The highest BCUT2D eigenvalue weighted by molar-refractivity contribution is 7.89. The molecule has 0 spiro atoms. The Balaban J connectivity index is 1.98. The molecule has 0 amide bonds. The third-order valence-electron chi connectivity index (χ3n) is 3.59. The fourth-order valence-corrected chi connectivity index (χ4v) is 3.39. The zero-order chi connectivity index (χ0) is 19.9. The summed E-state index contributed by atoms with van der Waals surface area (Å²) in [5.74, 6) is 0.669. The van der Waals surface area contributed by atoms with Crippen LogP contribution in [-0.2, 0) is 16.4 Å². The summed E-state index contributed by atoms with van der Waals surface area (Å²) >= 11 is 0. The van der Waals surface area contributed by atoms with E-state index in [-0.39, 0.29) is 22.9 Å². The Kier molecular flexibility index (Phi) is 7.37. The molecule has 1 N–H and O–H groups in total. The second-order valence-electron chi connectivity index (χ2n) is 5.42. The van der Waals surface area contributed by atoms with E-state index in [0.29, 0.717) is 24.3 Å². The van der Waals surface area contributed by atoms with Gasteiger partial charge in [0.15, 0.2) is 11.5 Å². The summed E-state index contributed by atoms with van der Waals surface area (Å²) in [6.07, 6.45) is 0.349. The van der Waals surface area contributed by atoms with Crippen LogP contribution in [-0.4, -0.2) is 35.3 Å². The van der Waals surface area contributed by atoms with Crippen molar-refractivity contribution in [2.75, 3.05) is 20.3 Å². The highest BCUT2D eigenvalue weighted by Crippen LogP contribution is 2.29. The lowest BCUT2D eigenvalue weighted by Crippen LogP contribution is -2.26. The van der Waals surface area contributed by atoms with Crippen LogP contribution < -0.4 is 18.9 Å². The number of halogens is 2. The lowest BCUT2D eigenvalue weighted by atomic mass is 10.1. The van der Waals surface area contributed by atoms with Crippen molar-refractivity contribution in [3.05, 3.63) is 48.0 Å². The molecular formula is C18H21F2NO5S. The van der Waals surface area contributed by atoms with Crippen LogP contribution >= 0.6 is 0 Å². The average molecular weight is 401 g/mol. The van der Waals surface area contributed by atoms with Gasteiger partial charge >= 0.3 is 6.61 Å². The average Bonchev–Trinajstić information content (AvgIpc) is 2.63. The standard InChI is InChI=1S/C18H21F2NO5S/c1-3-25-14-5-7-15(8-6-14)27(22,23)21-11-10-13-4-9-16(26-18(19)20)17(12-13)24-2/h4-9,12,18,21H,3,10-11H2,1-2H3. The molecule has 0 aliphatic rings. The SMILES string of the molecule is CCOc1ccc(S(=O)(=O)NCCc2ccc(OC(F)F)c(OC)c2)cc1. The van der Waals surface area contributed by atoms with Crippen LogP contribution in [0.2, 0.25) is 0 Å². The van der Waals surface area contributed by atoms with E-state index in [1.54, 1.807) is 18.2 Å². The molecule has 0 radical (unpaired) electrons. The largest absolute Gasteiger partial charge is 0.494 e. The van der Waals surface area contributed by atoms with E-state index in [1.807, 2.05) is 6.92 Å². The third-order valence-corrected chi connectivity index (χ3v) is 5.07. The molecule has 148 valence electrons. The number of rotatable bonds is 10. The first kappa shape index (κ1) is 20.9. The minimum atomic E-state index is -3.66. The Morgan fingerprint density at radius 1 is 1.07 bits per heavy atom. The smallest absolute Gasteiger partial charge is 0.387 e. The van der Waals surface area contributed by atoms with Gasteiger partial charge in [-0.3, -0.25) is 0 Å². The first-order valence-electron chi connectivity index (χ1n) is 8.20. The summed E-state index contributed by atoms with van der Waals surface area (Å²) in [5, 5.41) is 0. The molecule has 2 aromatic carbocycles. The number of alkyl halides is 2. The number of sulfonamides is 1. The number of hydrogen-bond acceptors (Lipinski definition) is 5. The number of benzene rings is 2. The van der Waals surface area contributed by atoms with Crippen LogP contribution in [0.1, 0.15) is 12.5 Å². The predicted molar refractivity (Wildman–Crippen MR) is 96.1 cm³/mol. The lowest BCUT2D eigenvalue weighted by molar-refractivity contribution is -0.0512. The van der Waals surface area contributed by atoms with E-state index in [1.165, 1.54) is 31.4 Å². The van der Waals surface area contributed by atoms with E-state index in [2.05, 4.69) is 9.46 Å². The van der Waals surface area contributed by atoms with Crippen molar-refractivity contribution in [2.24, 2.45) is 0 Å². The number of methoxy groups -OCH3 is 1. The van der Waals surface area contributed by atoms with Gasteiger partial charge in [-0.15, -0.1) is 0 Å². The van der Waals surface area contributed by atoms with Crippen LogP contribution in [0.25, 0.3) is 0 Å². The van der Waals surface area contributed by atoms with Gasteiger partial charge < -0.3 is 14.2 Å². The topological polar surface area (TPSA) is 73.9 Å². The quantitative estimate of drug-likeness (QED) is 0.662. The first-order chi connectivity index (χ1) is 12.9. The van der Waals surface area contributed by atoms with E-state index >= 15 is 0 Å². The van der Waals surface area contributed by atoms with Gasteiger partial charge in [-0.2, -0.15) is 8.78 Å². The molecule has 0 heterocycles. The Hall–Kier alpha value is -2.39. The molecule has 0 saturated carbocycles. The summed E-state index contributed by atoms with van der Waals surface area (Å²) < 4.78 is 66.5. The van der Waals surface area contributed by atoms with E-state index in [4.69, 9.17) is 9.47 Å². The van der Waals surface area contributed by atoms with Crippen molar-refractivity contribution < 1.29 is 31.4 Å². The summed E-state index contributed by atoms with van der Waals surface area (Å²) in [7, 11) is -2.32. The zero-order valence-electron chi connectivity index (χ0n) is 14.9. The van der Waals surface area contributed by atoms with Crippen molar-refractivity contribution in [3.8, 4) is 17.2 Å². The molecule has 0 atom stereocenters. The van der Waals surface area contributed by atoms with Gasteiger partial charge in [0, 0.05) is 6.54 Å². The van der Waals surface area contributed by atoms with Crippen molar-refractivity contribution in [1.82, 2.24) is 4.72 Å². The van der Waals surface area contributed by atoms with Crippen molar-refractivity contribution >= 4 is 10.0 Å². The van der Waals surface area contributed by atoms with Crippen LogP contribution in [0.15, 0.2) is 47.4 Å². The molecule has 0 unspecified atom stereocenters. The molecule has 27 heavy (non-hydrogen) atoms. The van der Waals surface area contributed by atoms with Gasteiger partial charge in [0.1, 0.15) is 5.75 Å². The van der Waals surface area contributed by atoms with Crippen molar-refractivity contribution in [3.63, 3.8) is 0 Å². The molecule has 9 heteroatoms. The predicted octanol–water partition coefficient (Wildman–Crippen LogP) is 3.22. The summed E-state index contributed by atoms with van der Waals surface area (Å²) in [6.45, 7) is -0.485. The molecule has 6 nitrogen and oxygen atoms in total. The maximum absolute atomic E-state index is 12.3. The summed E-state index contributed by atoms with van der Waals surface area (Å²) in [6, 6.07) is 10.6. The van der Waals surface area contributed by atoms with E-state index in [9.17, 15) is 17.2 Å². The number of nitrogens with one attached hydrogen (secondary N) is 1. The van der Waals surface area contributed by atoms with Gasteiger partial charge in [0.2, 0.25) is 10.0 Å². The molecule has 0 aliphatic heterocycles. The fourth-order valence-electron chi connectivity index (χ4n) is 2.36. The van der Waals surface area contributed by atoms with Gasteiger partial charge in [0.05, 0.1) is 18.6 Å². The molecule has 0 fully saturated rings. The highest BCUT2D eigenvalue weighted by atomic mass is 32.2. The molecule has 0 saturated heterocycles. The minimum absolute atomic E-state index is 0.0776. The van der Waals surface area contributed by atoms with Gasteiger partial charge in [-0.25, -0.2) is 13.1 Å². The molecule has 2 aromatic rings. The summed E-state index contributed by atoms with van der Waals surface area (Å²) in [5.41, 5.74) is 0.711. The number of hydrogen-bond donors (Lipinski definition) is 1. The van der Waals surface area contributed by atoms with Crippen LogP contribution in [0, 0.1) is 0 Å². The maximum atomic E-state index is 12.3. The molecular weight excluding hydrogens is 380 g/mol. The Morgan fingerprint density at radius 2 is 1.78 bits per heavy atom. The van der Waals surface area contributed by atoms with Crippen molar-refractivity contribution in [1.29, 1.82) is 0 Å². The van der Waals surface area contributed by atoms with E-state index < -0.39 is 16.6 Å². The highest BCUT2D eigenvalue weighted by Gasteiger charge is 2.14. The third kappa shape index (κ3) is 6.07. The van der Waals surface area contributed by atoms with Gasteiger partial charge in [-0.1, -0.05) is 6.07 Å². The molecule has 0 aliphatic carbocycles. The fraction of sp³-hybridized carbons (Fsp3) is 0.333. The number of ether oxygens (including phenoxy) is 3. The first-order valence-corrected chi connectivity index (χ1v) is 9.68. The zero-order valence-corrected chi connectivity index (χ0v) is 15.8. The maximum Gasteiger partial charge on any atom is 0.387 e. The van der Waals surface area contributed by atoms with Crippen molar-refractivity contribution in [2.45, 2.75) is 24.9 Å². The summed E-state index contributed by atoms with van der Waals surface area (Å²) in [4.78, 5) is 0.129. The second kappa shape index (κ2) is 9.52. The minimum Gasteiger partial charge on any atom is -0.494 e. The Morgan fingerprint density at radius 3 is 2.37 bits per heavy atom. The molecule has 0 aromatic heterocycles. The monoisotopic (exact) mass is 401 g/mol. The normalized spacial score (nSPS) is 11.4. The van der Waals surface area contributed by atoms with Gasteiger partial charge in [0.25, 0.3) is 0 Å².